The maximum absolute atomic E-state index is 12.5. The summed E-state index contributed by atoms with van der Waals surface area (Å²) in [5, 5.41) is 0. The van der Waals surface area contributed by atoms with Crippen LogP contribution in [-0.2, 0) is 20.8 Å². The van der Waals surface area contributed by atoms with E-state index < -0.39 is 0 Å². The first-order valence-corrected chi connectivity index (χ1v) is 9.06. The van der Waals surface area contributed by atoms with Gasteiger partial charge in [0.2, 0.25) is 11.8 Å². The van der Waals surface area contributed by atoms with Gasteiger partial charge < -0.3 is 14.6 Å². The number of Topliss-reactive ketones (excluding diaryl/α,β-unsaturated/α-hetero) is 1. The summed E-state index contributed by atoms with van der Waals surface area (Å²) in [4.78, 5) is 39.3. The van der Waals surface area contributed by atoms with Gasteiger partial charge in [0.05, 0.1) is 0 Å². The van der Waals surface area contributed by atoms with Crippen LogP contribution in [0.4, 0.5) is 0 Å². The van der Waals surface area contributed by atoms with E-state index in [0.29, 0.717) is 39.0 Å². The van der Waals surface area contributed by atoms with Crippen molar-refractivity contribution in [2.75, 3.05) is 26.2 Å². The average Bonchev–Trinajstić information content (AvgIpc) is 2.85. The lowest BCUT2D eigenvalue weighted by Gasteiger charge is -2.22. The number of ketones is 1. The Morgan fingerprint density at radius 1 is 0.840 bits per heavy atom. The molecule has 0 aromatic heterocycles. The van der Waals surface area contributed by atoms with Crippen molar-refractivity contribution in [2.45, 2.75) is 46.0 Å². The van der Waals surface area contributed by atoms with E-state index in [4.69, 9.17) is 0 Å². The van der Waals surface area contributed by atoms with Gasteiger partial charge in [-0.15, -0.1) is 0 Å². The molecule has 1 saturated heterocycles. The molecule has 5 heteroatoms. The van der Waals surface area contributed by atoms with Gasteiger partial charge in [0, 0.05) is 45.4 Å². The van der Waals surface area contributed by atoms with Crippen LogP contribution < -0.4 is 0 Å². The Morgan fingerprint density at radius 2 is 1.40 bits per heavy atom. The topological polar surface area (TPSA) is 57.7 Å². The molecule has 1 aliphatic heterocycles. The van der Waals surface area contributed by atoms with Crippen LogP contribution in [0.3, 0.4) is 0 Å². The molecule has 0 aliphatic carbocycles. The molecule has 1 aromatic rings. The number of amides is 2. The van der Waals surface area contributed by atoms with E-state index in [-0.39, 0.29) is 24.0 Å². The molecule has 0 unspecified atom stereocenters. The molecule has 25 heavy (non-hydrogen) atoms. The molecule has 1 heterocycles. The third-order valence-corrected chi connectivity index (χ3v) is 4.64. The summed E-state index contributed by atoms with van der Waals surface area (Å²) < 4.78 is 0. The van der Waals surface area contributed by atoms with Crippen molar-refractivity contribution < 1.29 is 14.4 Å². The fraction of sp³-hybridized carbons (Fsp3) is 0.550. The summed E-state index contributed by atoms with van der Waals surface area (Å²) in [6.07, 6.45) is 2.62. The summed E-state index contributed by atoms with van der Waals surface area (Å²) in [5.74, 6) is 0.207. The van der Waals surface area contributed by atoms with E-state index in [1.54, 1.807) is 4.90 Å². The van der Waals surface area contributed by atoms with E-state index in [9.17, 15) is 14.4 Å². The second-order valence-corrected chi connectivity index (χ2v) is 6.80. The van der Waals surface area contributed by atoms with Gasteiger partial charge in [-0.25, -0.2) is 0 Å². The van der Waals surface area contributed by atoms with Crippen molar-refractivity contribution in [3.63, 3.8) is 0 Å². The highest BCUT2D eigenvalue weighted by Gasteiger charge is 2.21. The molecule has 0 bridgehead atoms. The monoisotopic (exact) mass is 344 g/mol. The minimum atomic E-state index is 0.0177. The van der Waals surface area contributed by atoms with Crippen molar-refractivity contribution in [1.29, 1.82) is 0 Å². The van der Waals surface area contributed by atoms with Crippen molar-refractivity contribution in [3.05, 3.63) is 35.4 Å². The molecule has 2 amide bonds. The number of hydrogen-bond donors (Lipinski definition) is 0. The highest BCUT2D eigenvalue weighted by molar-refractivity contribution is 5.83. The second-order valence-electron chi connectivity index (χ2n) is 6.80. The first-order valence-electron chi connectivity index (χ1n) is 9.06. The number of aryl methyl sites for hydroxylation is 2. The van der Waals surface area contributed by atoms with Gasteiger partial charge in [0.15, 0.2) is 0 Å². The number of carbonyl (C=O) groups excluding carboxylic acids is 3. The third-order valence-electron chi connectivity index (χ3n) is 4.64. The largest absolute Gasteiger partial charge is 0.341 e. The second kappa shape index (κ2) is 9.35. The Hall–Kier alpha value is -2.17. The summed E-state index contributed by atoms with van der Waals surface area (Å²) in [6.45, 7) is 6.06. The third kappa shape index (κ3) is 6.33. The first kappa shape index (κ1) is 19.2. The van der Waals surface area contributed by atoms with Gasteiger partial charge in [-0.2, -0.15) is 0 Å². The van der Waals surface area contributed by atoms with E-state index in [0.717, 1.165) is 12.8 Å². The lowest BCUT2D eigenvalue weighted by Crippen LogP contribution is -2.37. The Bertz CT molecular complexity index is 610. The molecule has 0 N–H and O–H groups in total. The van der Waals surface area contributed by atoms with Crippen LogP contribution in [0.5, 0.6) is 0 Å². The van der Waals surface area contributed by atoms with E-state index in [1.807, 2.05) is 4.90 Å². The highest BCUT2D eigenvalue weighted by atomic mass is 16.2. The predicted octanol–water partition coefficient (Wildman–Crippen LogP) is 2.36. The molecule has 1 aromatic carbocycles. The van der Waals surface area contributed by atoms with Crippen molar-refractivity contribution in [1.82, 2.24) is 9.80 Å². The predicted molar refractivity (Wildman–Crippen MR) is 97.2 cm³/mol. The number of hydrogen-bond acceptors (Lipinski definition) is 3. The molecule has 0 radical (unpaired) electrons. The van der Waals surface area contributed by atoms with Gasteiger partial charge in [-0.1, -0.05) is 29.8 Å². The zero-order valence-corrected chi connectivity index (χ0v) is 15.3. The number of carbonyl (C=O) groups is 3. The van der Waals surface area contributed by atoms with Crippen LogP contribution in [0, 0.1) is 6.92 Å². The zero-order valence-electron chi connectivity index (χ0n) is 15.3. The zero-order chi connectivity index (χ0) is 18.2. The standard InChI is InChI=1S/C20H28N2O3/c1-16-4-7-18(8-5-16)9-11-20(25)22-13-3-12-21(14-15-22)19(24)10-6-17(2)23/h4-5,7-8H,3,6,9-15H2,1-2H3. The number of rotatable bonds is 6. The molecule has 2 rings (SSSR count). The Morgan fingerprint density at radius 3 is 1.96 bits per heavy atom. The lowest BCUT2D eigenvalue weighted by atomic mass is 10.1. The van der Waals surface area contributed by atoms with Gasteiger partial charge >= 0.3 is 0 Å². The normalized spacial score (nSPS) is 15.0. The van der Waals surface area contributed by atoms with Crippen molar-refractivity contribution >= 4 is 17.6 Å². The van der Waals surface area contributed by atoms with Gasteiger partial charge in [0.1, 0.15) is 5.78 Å². The van der Waals surface area contributed by atoms with Crippen molar-refractivity contribution in [2.24, 2.45) is 0 Å². The maximum atomic E-state index is 12.5. The fourth-order valence-electron chi connectivity index (χ4n) is 3.02. The van der Waals surface area contributed by atoms with E-state index >= 15 is 0 Å². The summed E-state index contributed by atoms with van der Waals surface area (Å²) in [5.41, 5.74) is 2.40. The van der Waals surface area contributed by atoms with Crippen LogP contribution in [0.25, 0.3) is 0 Å². The Kier molecular flexibility index (Phi) is 7.16. The molecule has 0 spiro atoms. The molecule has 0 atom stereocenters. The summed E-state index contributed by atoms with van der Waals surface area (Å²) in [7, 11) is 0. The van der Waals surface area contributed by atoms with Gasteiger partial charge in [-0.05, 0) is 32.3 Å². The SMILES string of the molecule is CC(=O)CCC(=O)N1CCCN(C(=O)CCc2ccc(C)cc2)CC1. The first-order chi connectivity index (χ1) is 12.0. The maximum Gasteiger partial charge on any atom is 0.223 e. The minimum absolute atomic E-state index is 0.0177. The Balaban J connectivity index is 1.79. The van der Waals surface area contributed by atoms with Crippen LogP contribution >= 0.6 is 0 Å². The van der Waals surface area contributed by atoms with Crippen LogP contribution in [0.2, 0.25) is 0 Å². The minimum Gasteiger partial charge on any atom is -0.341 e. The average molecular weight is 344 g/mol. The fourth-order valence-corrected chi connectivity index (χ4v) is 3.02. The molecule has 5 nitrogen and oxygen atoms in total. The molecule has 1 aliphatic rings. The summed E-state index contributed by atoms with van der Waals surface area (Å²) >= 11 is 0. The van der Waals surface area contributed by atoms with E-state index in [1.165, 1.54) is 18.1 Å². The van der Waals surface area contributed by atoms with Crippen LogP contribution in [-0.4, -0.2) is 53.6 Å². The van der Waals surface area contributed by atoms with Crippen LogP contribution in [0.1, 0.15) is 43.7 Å². The van der Waals surface area contributed by atoms with Crippen molar-refractivity contribution in [3.8, 4) is 0 Å². The molecular formula is C20H28N2O3. The van der Waals surface area contributed by atoms with Crippen LogP contribution in [0.15, 0.2) is 24.3 Å². The van der Waals surface area contributed by atoms with Gasteiger partial charge in [-0.3, -0.25) is 9.59 Å². The molecule has 136 valence electrons. The Labute approximate surface area is 150 Å². The summed E-state index contributed by atoms with van der Waals surface area (Å²) in [6, 6.07) is 8.27. The molecule has 0 saturated carbocycles. The van der Waals surface area contributed by atoms with E-state index in [2.05, 4.69) is 31.2 Å². The molecular weight excluding hydrogens is 316 g/mol. The lowest BCUT2D eigenvalue weighted by molar-refractivity contribution is -0.134. The smallest absolute Gasteiger partial charge is 0.223 e. The van der Waals surface area contributed by atoms with Gasteiger partial charge in [0.25, 0.3) is 0 Å². The number of benzene rings is 1. The molecule has 1 fully saturated rings. The quantitative estimate of drug-likeness (QED) is 0.796. The number of nitrogens with zero attached hydrogens (tertiary/aromatic N) is 2. The highest BCUT2D eigenvalue weighted by Crippen LogP contribution is 2.11.